The van der Waals surface area contributed by atoms with E-state index in [9.17, 15) is 5.11 Å². The molecule has 1 saturated heterocycles. The number of hydrogen-bond donors (Lipinski definition) is 2. The molecular formula is C15H25N3O. The Hall–Kier alpha value is -1.13. The molecule has 2 N–H and O–H groups in total. The summed E-state index contributed by atoms with van der Waals surface area (Å²) in [5.41, 5.74) is 1.29. The highest BCUT2D eigenvalue weighted by Gasteiger charge is 2.19. The first kappa shape index (κ1) is 14.3. The zero-order valence-electron chi connectivity index (χ0n) is 12.0. The van der Waals surface area contributed by atoms with Gasteiger partial charge in [-0.05, 0) is 49.9 Å². The summed E-state index contributed by atoms with van der Waals surface area (Å²) in [6.07, 6.45) is 4.02. The Morgan fingerprint density at radius 1 is 1.47 bits per heavy atom. The maximum Gasteiger partial charge on any atom is 0.128 e. The highest BCUT2D eigenvalue weighted by Crippen LogP contribution is 2.23. The van der Waals surface area contributed by atoms with E-state index in [2.05, 4.69) is 41.2 Å². The van der Waals surface area contributed by atoms with Crippen molar-refractivity contribution in [2.24, 2.45) is 5.92 Å². The van der Waals surface area contributed by atoms with Crippen LogP contribution in [0.4, 0.5) is 5.82 Å². The number of piperidine rings is 1. The molecule has 1 fully saturated rings. The molecule has 1 aliphatic heterocycles. The van der Waals surface area contributed by atoms with Gasteiger partial charge in [-0.3, -0.25) is 0 Å². The molecule has 0 radical (unpaired) electrons. The molecule has 19 heavy (non-hydrogen) atoms. The minimum Gasteiger partial charge on any atom is -0.396 e. The topological polar surface area (TPSA) is 48.4 Å². The Morgan fingerprint density at radius 2 is 2.21 bits per heavy atom. The van der Waals surface area contributed by atoms with Crippen molar-refractivity contribution in [2.45, 2.75) is 32.7 Å². The molecule has 0 saturated carbocycles. The Labute approximate surface area is 115 Å². The lowest BCUT2D eigenvalue weighted by molar-refractivity contribution is 0.203. The van der Waals surface area contributed by atoms with Crippen molar-refractivity contribution in [3.63, 3.8) is 0 Å². The second kappa shape index (κ2) is 6.87. The van der Waals surface area contributed by atoms with Crippen LogP contribution in [0.3, 0.4) is 0 Å². The molecule has 4 heteroatoms. The molecule has 1 aromatic rings. The van der Waals surface area contributed by atoms with Gasteiger partial charge in [-0.2, -0.15) is 0 Å². The fraction of sp³-hybridized carbons (Fsp3) is 0.667. The van der Waals surface area contributed by atoms with Crippen molar-refractivity contribution >= 4 is 5.82 Å². The van der Waals surface area contributed by atoms with E-state index >= 15 is 0 Å². The lowest BCUT2D eigenvalue weighted by atomic mass is 9.98. The number of nitrogens with zero attached hydrogens (tertiary/aromatic N) is 2. The number of aliphatic hydroxyl groups is 1. The molecule has 2 heterocycles. The summed E-state index contributed by atoms with van der Waals surface area (Å²) in [4.78, 5) is 6.82. The second-order valence-corrected chi connectivity index (χ2v) is 5.34. The summed E-state index contributed by atoms with van der Waals surface area (Å²) in [7, 11) is 0. The van der Waals surface area contributed by atoms with E-state index in [1.54, 1.807) is 0 Å². The fourth-order valence-electron chi connectivity index (χ4n) is 2.65. The van der Waals surface area contributed by atoms with Crippen molar-refractivity contribution in [3.8, 4) is 0 Å². The Morgan fingerprint density at radius 3 is 2.84 bits per heavy atom. The largest absolute Gasteiger partial charge is 0.396 e. The van der Waals surface area contributed by atoms with Crippen molar-refractivity contribution in [1.29, 1.82) is 0 Å². The molecule has 1 aromatic heterocycles. The molecule has 2 rings (SSSR count). The van der Waals surface area contributed by atoms with Gasteiger partial charge in [0.05, 0.1) is 0 Å². The third-order valence-electron chi connectivity index (χ3n) is 3.98. The summed E-state index contributed by atoms with van der Waals surface area (Å²) in [6, 6.07) is 4.63. The number of pyridine rings is 1. The molecule has 0 spiro atoms. The van der Waals surface area contributed by atoms with Crippen LogP contribution in [-0.4, -0.2) is 36.3 Å². The smallest absolute Gasteiger partial charge is 0.128 e. The van der Waals surface area contributed by atoms with E-state index in [0.717, 1.165) is 38.3 Å². The van der Waals surface area contributed by atoms with E-state index in [0.29, 0.717) is 18.6 Å². The summed E-state index contributed by atoms with van der Waals surface area (Å²) in [5.74, 6) is 1.54. The average molecular weight is 263 g/mol. The average Bonchev–Trinajstić information content (AvgIpc) is 2.48. The molecule has 1 unspecified atom stereocenters. The van der Waals surface area contributed by atoms with Gasteiger partial charge >= 0.3 is 0 Å². The van der Waals surface area contributed by atoms with E-state index < -0.39 is 0 Å². The first-order chi connectivity index (χ1) is 9.24. The number of anilines is 1. The van der Waals surface area contributed by atoms with Gasteiger partial charge in [-0.25, -0.2) is 4.98 Å². The van der Waals surface area contributed by atoms with E-state index in [1.807, 2.05) is 6.20 Å². The predicted molar refractivity (Wildman–Crippen MR) is 78.4 cm³/mol. The van der Waals surface area contributed by atoms with Crippen LogP contribution < -0.4 is 10.2 Å². The fourth-order valence-corrected chi connectivity index (χ4v) is 2.65. The van der Waals surface area contributed by atoms with Crippen molar-refractivity contribution in [3.05, 3.63) is 23.9 Å². The van der Waals surface area contributed by atoms with Gasteiger partial charge in [-0.1, -0.05) is 6.92 Å². The SMILES string of the molecule is CCNC(C)c1ccnc(N2CCC(CO)CC2)c1. The molecule has 1 atom stereocenters. The second-order valence-electron chi connectivity index (χ2n) is 5.34. The highest BCUT2D eigenvalue weighted by atomic mass is 16.3. The van der Waals surface area contributed by atoms with Gasteiger partial charge in [0, 0.05) is 31.9 Å². The number of aromatic nitrogens is 1. The quantitative estimate of drug-likeness (QED) is 0.852. The summed E-state index contributed by atoms with van der Waals surface area (Å²) in [5, 5.41) is 12.6. The normalized spacial score (nSPS) is 18.6. The van der Waals surface area contributed by atoms with Crippen LogP contribution in [0, 0.1) is 5.92 Å². The third kappa shape index (κ3) is 3.67. The molecule has 4 nitrogen and oxygen atoms in total. The van der Waals surface area contributed by atoms with Crippen LogP contribution in [0.25, 0.3) is 0 Å². The number of rotatable bonds is 5. The van der Waals surface area contributed by atoms with E-state index in [-0.39, 0.29) is 0 Å². The maximum absolute atomic E-state index is 9.18. The molecule has 1 aliphatic rings. The molecule has 0 amide bonds. The zero-order chi connectivity index (χ0) is 13.7. The minimum absolute atomic E-state index is 0.318. The van der Waals surface area contributed by atoms with Crippen molar-refractivity contribution < 1.29 is 5.11 Å². The first-order valence-electron chi connectivity index (χ1n) is 7.29. The highest BCUT2D eigenvalue weighted by molar-refractivity contribution is 5.42. The monoisotopic (exact) mass is 263 g/mol. The summed E-state index contributed by atoms with van der Waals surface area (Å²) in [6.45, 7) is 7.59. The molecule has 0 bridgehead atoms. The van der Waals surface area contributed by atoms with Crippen molar-refractivity contribution in [1.82, 2.24) is 10.3 Å². The third-order valence-corrected chi connectivity index (χ3v) is 3.98. The van der Waals surface area contributed by atoms with Gasteiger partial charge in [0.15, 0.2) is 0 Å². The Balaban J connectivity index is 2.03. The van der Waals surface area contributed by atoms with Crippen LogP contribution in [0.15, 0.2) is 18.3 Å². The Kier molecular flexibility index (Phi) is 5.16. The molecule has 0 aliphatic carbocycles. The van der Waals surface area contributed by atoms with Crippen LogP contribution in [0.5, 0.6) is 0 Å². The number of nitrogens with one attached hydrogen (secondary N) is 1. The summed E-state index contributed by atoms with van der Waals surface area (Å²) < 4.78 is 0. The lowest BCUT2D eigenvalue weighted by Crippen LogP contribution is -2.35. The van der Waals surface area contributed by atoms with Gasteiger partial charge < -0.3 is 15.3 Å². The van der Waals surface area contributed by atoms with Crippen LogP contribution >= 0.6 is 0 Å². The van der Waals surface area contributed by atoms with E-state index in [1.165, 1.54) is 5.56 Å². The maximum atomic E-state index is 9.18. The Bertz CT molecular complexity index is 389. The number of aliphatic hydroxyl groups excluding tert-OH is 1. The predicted octanol–water partition coefficient (Wildman–Crippen LogP) is 1.96. The minimum atomic E-state index is 0.318. The van der Waals surface area contributed by atoms with Gasteiger partial charge in [0.25, 0.3) is 0 Å². The first-order valence-corrected chi connectivity index (χ1v) is 7.29. The van der Waals surface area contributed by atoms with Gasteiger partial charge in [-0.15, -0.1) is 0 Å². The lowest BCUT2D eigenvalue weighted by Gasteiger charge is -2.32. The molecule has 0 aromatic carbocycles. The van der Waals surface area contributed by atoms with E-state index in [4.69, 9.17) is 0 Å². The zero-order valence-corrected chi connectivity index (χ0v) is 12.0. The van der Waals surface area contributed by atoms with Gasteiger partial charge in [0.1, 0.15) is 5.82 Å². The van der Waals surface area contributed by atoms with Gasteiger partial charge in [0.2, 0.25) is 0 Å². The molecule has 106 valence electrons. The molecular weight excluding hydrogens is 238 g/mol. The van der Waals surface area contributed by atoms with Crippen LogP contribution in [0.1, 0.15) is 38.3 Å². The van der Waals surface area contributed by atoms with Crippen molar-refractivity contribution in [2.75, 3.05) is 31.1 Å². The standard InChI is InChI=1S/C15H25N3O/c1-3-16-12(2)14-4-7-17-15(10-14)18-8-5-13(11-19)6-9-18/h4,7,10,12-13,16,19H,3,5-6,8-9,11H2,1-2H3. The van der Waals surface area contributed by atoms with Crippen LogP contribution in [0.2, 0.25) is 0 Å². The number of hydrogen-bond acceptors (Lipinski definition) is 4. The summed E-state index contributed by atoms with van der Waals surface area (Å²) >= 11 is 0. The van der Waals surface area contributed by atoms with Crippen LogP contribution in [-0.2, 0) is 0 Å².